The molecule has 2 rings (SSSR count). The van der Waals surface area contributed by atoms with Crippen molar-refractivity contribution in [3.05, 3.63) is 11.5 Å². The van der Waals surface area contributed by atoms with E-state index in [2.05, 4.69) is 9.98 Å². The number of halogens is 1. The summed E-state index contributed by atoms with van der Waals surface area (Å²) in [5, 5.41) is 1.33. The molecule has 0 saturated heterocycles. The van der Waals surface area contributed by atoms with Gasteiger partial charge in [0, 0.05) is 0 Å². The lowest BCUT2D eigenvalue weighted by Crippen LogP contribution is -2.29. The highest BCUT2D eigenvalue weighted by molar-refractivity contribution is 8.04. The van der Waals surface area contributed by atoms with Crippen molar-refractivity contribution < 1.29 is 4.79 Å². The van der Waals surface area contributed by atoms with E-state index in [9.17, 15) is 4.79 Å². The van der Waals surface area contributed by atoms with Crippen molar-refractivity contribution in [3.8, 4) is 0 Å². The highest BCUT2D eigenvalue weighted by atomic mass is 35.5. The summed E-state index contributed by atoms with van der Waals surface area (Å²) in [6.07, 6.45) is 1.83. The van der Waals surface area contributed by atoms with Gasteiger partial charge in [-0.1, -0.05) is 0 Å². The number of aliphatic imine (C=N–C) groups is 2. The summed E-state index contributed by atoms with van der Waals surface area (Å²) in [4.78, 5) is 19.4. The molecule has 3 nitrogen and oxygen atoms in total. The zero-order chi connectivity index (χ0) is 9.42. The van der Waals surface area contributed by atoms with Gasteiger partial charge in [-0.15, -0.1) is 23.4 Å². The van der Waals surface area contributed by atoms with E-state index in [1.54, 1.807) is 6.92 Å². The number of hydrogen-bond donors (Lipinski definition) is 0. The van der Waals surface area contributed by atoms with Gasteiger partial charge in [0.1, 0.15) is 11.1 Å². The van der Waals surface area contributed by atoms with Crippen molar-refractivity contribution in [3.63, 3.8) is 0 Å². The highest BCUT2D eigenvalue weighted by Crippen LogP contribution is 2.26. The minimum atomic E-state index is -0.309. The van der Waals surface area contributed by atoms with Crippen LogP contribution in [0.4, 0.5) is 0 Å². The van der Waals surface area contributed by atoms with Crippen LogP contribution >= 0.6 is 23.4 Å². The van der Waals surface area contributed by atoms with E-state index in [1.807, 2.05) is 11.5 Å². The van der Waals surface area contributed by atoms with Crippen LogP contribution < -0.4 is 0 Å². The molecule has 1 amide bonds. The molecule has 0 aromatic heterocycles. The number of thioether (sulfide) groups is 1. The molecule has 13 heavy (non-hydrogen) atoms. The molecular formula is C8H7ClN2OS. The summed E-state index contributed by atoms with van der Waals surface area (Å²) in [7, 11) is 0. The van der Waals surface area contributed by atoms with E-state index in [0.29, 0.717) is 5.84 Å². The SMILES string of the molecule is CC(Cl)C1=NC(=O)C2SC=CC2=N1. The number of amides is 1. The number of hydrogen-bond acceptors (Lipinski definition) is 3. The fourth-order valence-electron chi connectivity index (χ4n) is 1.13. The van der Waals surface area contributed by atoms with Gasteiger partial charge in [-0.3, -0.25) is 4.79 Å². The standard InChI is InChI=1S/C8H7ClN2OS/c1-4(9)7-10-5-2-3-13-6(5)8(12)11-7/h2-4,6H,1H3. The number of alkyl halides is 1. The summed E-state index contributed by atoms with van der Waals surface area (Å²) in [5.41, 5.74) is 0.771. The molecule has 0 spiro atoms. The van der Waals surface area contributed by atoms with Gasteiger partial charge < -0.3 is 0 Å². The lowest BCUT2D eigenvalue weighted by molar-refractivity contribution is -0.116. The number of amidine groups is 1. The maximum absolute atomic E-state index is 11.4. The topological polar surface area (TPSA) is 41.8 Å². The maximum Gasteiger partial charge on any atom is 0.267 e. The van der Waals surface area contributed by atoms with E-state index < -0.39 is 0 Å². The van der Waals surface area contributed by atoms with Crippen LogP contribution in [0, 0.1) is 0 Å². The van der Waals surface area contributed by atoms with Crippen molar-refractivity contribution >= 4 is 40.8 Å². The van der Waals surface area contributed by atoms with E-state index in [0.717, 1.165) is 5.71 Å². The van der Waals surface area contributed by atoms with E-state index in [4.69, 9.17) is 11.6 Å². The predicted octanol–water partition coefficient (Wildman–Crippen LogP) is 1.62. The molecule has 0 aromatic carbocycles. The third-order valence-electron chi connectivity index (χ3n) is 1.77. The van der Waals surface area contributed by atoms with E-state index in [-0.39, 0.29) is 16.5 Å². The van der Waals surface area contributed by atoms with E-state index >= 15 is 0 Å². The Morgan fingerprint density at radius 2 is 2.38 bits per heavy atom. The van der Waals surface area contributed by atoms with Crippen LogP contribution in [0.25, 0.3) is 0 Å². The second-order valence-electron chi connectivity index (χ2n) is 2.78. The van der Waals surface area contributed by atoms with Crippen molar-refractivity contribution in [2.24, 2.45) is 9.98 Å². The lowest BCUT2D eigenvalue weighted by atomic mass is 10.2. The Balaban J connectivity index is 2.35. The van der Waals surface area contributed by atoms with Crippen LogP contribution in [0.2, 0.25) is 0 Å². The fourth-order valence-corrected chi connectivity index (χ4v) is 2.04. The summed E-state index contributed by atoms with van der Waals surface area (Å²) in [6.45, 7) is 1.75. The van der Waals surface area contributed by atoms with Gasteiger partial charge >= 0.3 is 0 Å². The maximum atomic E-state index is 11.4. The van der Waals surface area contributed by atoms with Crippen LogP contribution in [-0.2, 0) is 4.79 Å². The molecule has 2 unspecified atom stereocenters. The van der Waals surface area contributed by atoms with Gasteiger partial charge in [-0.25, -0.2) is 4.99 Å². The molecule has 2 aliphatic rings. The zero-order valence-electron chi connectivity index (χ0n) is 6.90. The number of fused-ring (bicyclic) bond motifs is 1. The van der Waals surface area contributed by atoms with Crippen LogP contribution in [0.3, 0.4) is 0 Å². The van der Waals surface area contributed by atoms with Crippen molar-refractivity contribution in [1.29, 1.82) is 0 Å². The van der Waals surface area contributed by atoms with Crippen LogP contribution in [0.5, 0.6) is 0 Å². The quantitative estimate of drug-likeness (QED) is 0.623. The lowest BCUT2D eigenvalue weighted by Gasteiger charge is -2.13. The molecular weight excluding hydrogens is 208 g/mol. The zero-order valence-corrected chi connectivity index (χ0v) is 8.47. The summed E-state index contributed by atoms with van der Waals surface area (Å²) in [5.74, 6) is 0.271. The van der Waals surface area contributed by atoms with E-state index in [1.165, 1.54) is 11.8 Å². The van der Waals surface area contributed by atoms with Crippen molar-refractivity contribution in [2.45, 2.75) is 17.6 Å². The third-order valence-corrected chi connectivity index (χ3v) is 2.97. The van der Waals surface area contributed by atoms with Crippen LogP contribution in [0.1, 0.15) is 6.92 Å². The summed E-state index contributed by atoms with van der Waals surface area (Å²) < 4.78 is 0. The molecule has 68 valence electrons. The summed E-state index contributed by atoms with van der Waals surface area (Å²) in [6, 6.07) is 0. The smallest absolute Gasteiger partial charge is 0.267 e. The van der Waals surface area contributed by atoms with Gasteiger partial charge in [0.25, 0.3) is 5.91 Å². The molecule has 0 aromatic rings. The Labute approximate surface area is 85.0 Å². The molecule has 0 aliphatic carbocycles. The first-order valence-electron chi connectivity index (χ1n) is 3.85. The first-order valence-corrected chi connectivity index (χ1v) is 5.23. The van der Waals surface area contributed by atoms with Gasteiger partial charge in [0.2, 0.25) is 0 Å². The average Bonchev–Trinajstić information content (AvgIpc) is 2.51. The Hall–Kier alpha value is -0.610. The van der Waals surface area contributed by atoms with Crippen LogP contribution in [-0.4, -0.2) is 28.1 Å². The Bertz CT molecular complexity index is 346. The van der Waals surface area contributed by atoms with Crippen molar-refractivity contribution in [1.82, 2.24) is 0 Å². The molecule has 2 aliphatic heterocycles. The number of carbonyl (C=O) groups excluding carboxylic acids is 1. The number of nitrogens with zero attached hydrogens (tertiary/aromatic N) is 2. The molecule has 0 bridgehead atoms. The minimum Gasteiger partial charge on any atom is -0.271 e. The first-order chi connectivity index (χ1) is 6.18. The molecule has 0 saturated carbocycles. The predicted molar refractivity (Wildman–Crippen MR) is 55.7 cm³/mol. The molecule has 0 N–H and O–H groups in total. The Morgan fingerprint density at radius 3 is 3.08 bits per heavy atom. The largest absolute Gasteiger partial charge is 0.271 e. The fraction of sp³-hybridized carbons (Fsp3) is 0.375. The average molecular weight is 215 g/mol. The molecule has 0 radical (unpaired) electrons. The van der Waals surface area contributed by atoms with Gasteiger partial charge in [0.15, 0.2) is 0 Å². The number of carbonyl (C=O) groups is 1. The molecule has 5 heteroatoms. The third kappa shape index (κ3) is 1.56. The molecule has 2 atom stereocenters. The second kappa shape index (κ2) is 3.27. The molecule has 0 fully saturated rings. The highest BCUT2D eigenvalue weighted by Gasteiger charge is 2.31. The first kappa shape index (κ1) is 8.97. The van der Waals surface area contributed by atoms with Gasteiger partial charge in [0.05, 0.1) is 11.1 Å². The minimum absolute atomic E-state index is 0.150. The molecule has 2 heterocycles. The van der Waals surface area contributed by atoms with Crippen molar-refractivity contribution in [2.75, 3.05) is 0 Å². The Morgan fingerprint density at radius 1 is 1.62 bits per heavy atom. The number of rotatable bonds is 1. The van der Waals surface area contributed by atoms with Gasteiger partial charge in [-0.05, 0) is 18.4 Å². The van der Waals surface area contributed by atoms with Gasteiger partial charge in [-0.2, -0.15) is 4.99 Å². The number of allylic oxidation sites excluding steroid dienone is 1. The Kier molecular flexibility index (Phi) is 2.26. The second-order valence-corrected chi connectivity index (χ2v) is 4.45. The monoisotopic (exact) mass is 214 g/mol. The normalized spacial score (nSPS) is 28.2. The van der Waals surface area contributed by atoms with Crippen LogP contribution in [0.15, 0.2) is 21.5 Å². The summed E-state index contributed by atoms with van der Waals surface area (Å²) >= 11 is 7.23.